The van der Waals surface area contributed by atoms with Crippen molar-refractivity contribution in [3.05, 3.63) is 35.9 Å². The molecule has 2 fully saturated rings. The molecule has 1 heterocycles. The van der Waals surface area contributed by atoms with E-state index in [4.69, 9.17) is 14.2 Å². The topological polar surface area (TPSA) is 44.8 Å². The third-order valence-corrected chi connectivity index (χ3v) is 5.19. The van der Waals surface area contributed by atoms with Crippen molar-refractivity contribution in [2.75, 3.05) is 6.61 Å². The molecule has 2 aliphatic rings. The van der Waals surface area contributed by atoms with Crippen molar-refractivity contribution in [1.29, 1.82) is 0 Å². The second-order valence-electron chi connectivity index (χ2n) is 7.23. The van der Waals surface area contributed by atoms with Crippen molar-refractivity contribution in [1.82, 2.24) is 0 Å². The van der Waals surface area contributed by atoms with E-state index in [0.29, 0.717) is 19.4 Å². The molecule has 1 aliphatic carbocycles. The highest BCUT2D eigenvalue weighted by Gasteiger charge is 2.48. The molecule has 0 radical (unpaired) electrons. The van der Waals surface area contributed by atoms with Crippen LogP contribution in [0.25, 0.3) is 0 Å². The first-order chi connectivity index (χ1) is 12.2. The molecule has 0 N–H and O–H groups in total. The summed E-state index contributed by atoms with van der Waals surface area (Å²) in [5.74, 6) is -0.493. The average Bonchev–Trinajstić information content (AvgIpc) is 3.21. The Labute approximate surface area is 150 Å². The Balaban J connectivity index is 1.55. The van der Waals surface area contributed by atoms with Gasteiger partial charge in [-0.15, -0.1) is 0 Å². The smallest absolute Gasteiger partial charge is 0.305 e. The molecule has 1 aromatic carbocycles. The Morgan fingerprint density at radius 2 is 1.88 bits per heavy atom. The second kappa shape index (κ2) is 8.81. The lowest BCUT2D eigenvalue weighted by atomic mass is 10.0. The van der Waals surface area contributed by atoms with Crippen molar-refractivity contribution in [2.45, 2.75) is 82.7 Å². The number of carbonyl (C=O) groups is 1. The van der Waals surface area contributed by atoms with Crippen LogP contribution in [0, 0.1) is 0 Å². The molecule has 0 unspecified atom stereocenters. The molecule has 1 spiro atoms. The molecule has 4 heteroatoms. The summed E-state index contributed by atoms with van der Waals surface area (Å²) in [6.45, 7) is 2.49. The fourth-order valence-corrected chi connectivity index (χ4v) is 3.83. The summed E-state index contributed by atoms with van der Waals surface area (Å²) >= 11 is 0. The van der Waals surface area contributed by atoms with E-state index in [1.807, 2.05) is 6.07 Å². The third kappa shape index (κ3) is 5.05. The summed E-state index contributed by atoms with van der Waals surface area (Å²) < 4.78 is 18.1. The summed E-state index contributed by atoms with van der Waals surface area (Å²) in [5, 5.41) is 0. The quantitative estimate of drug-likeness (QED) is 0.654. The van der Waals surface area contributed by atoms with Gasteiger partial charge < -0.3 is 14.2 Å². The van der Waals surface area contributed by atoms with Crippen molar-refractivity contribution >= 4 is 5.97 Å². The first kappa shape index (κ1) is 18.4. The number of hydrogen-bond donors (Lipinski definition) is 0. The highest BCUT2D eigenvalue weighted by atomic mass is 16.8. The molecule has 1 aliphatic heterocycles. The number of hydrogen-bond acceptors (Lipinski definition) is 4. The number of rotatable bonds is 8. The Morgan fingerprint density at radius 3 is 2.60 bits per heavy atom. The van der Waals surface area contributed by atoms with Crippen LogP contribution in [-0.4, -0.2) is 30.6 Å². The molecule has 1 aromatic rings. The maximum absolute atomic E-state index is 11.7. The van der Waals surface area contributed by atoms with Gasteiger partial charge in [-0.05, 0) is 24.8 Å². The predicted octanol–water partition coefficient (Wildman–Crippen LogP) is 4.41. The van der Waals surface area contributed by atoms with E-state index in [1.165, 1.54) is 5.56 Å². The number of ether oxygens (including phenoxy) is 3. The number of unbranched alkanes of at least 4 members (excludes halogenated alkanes) is 1. The molecule has 3 rings (SSSR count). The van der Waals surface area contributed by atoms with Crippen LogP contribution in [0.4, 0.5) is 0 Å². The van der Waals surface area contributed by atoms with Crippen molar-refractivity contribution in [2.24, 2.45) is 0 Å². The van der Waals surface area contributed by atoms with Crippen LogP contribution in [0.3, 0.4) is 0 Å². The van der Waals surface area contributed by atoms with Crippen LogP contribution in [0.5, 0.6) is 0 Å². The van der Waals surface area contributed by atoms with Crippen LogP contribution < -0.4 is 0 Å². The largest absolute Gasteiger partial charge is 0.466 e. The van der Waals surface area contributed by atoms with Gasteiger partial charge in [-0.25, -0.2) is 0 Å². The Morgan fingerprint density at radius 1 is 1.16 bits per heavy atom. The van der Waals surface area contributed by atoms with Gasteiger partial charge in [0.05, 0.1) is 18.8 Å². The Bertz CT molecular complexity index is 536. The molecular weight excluding hydrogens is 316 g/mol. The van der Waals surface area contributed by atoms with Gasteiger partial charge in [0.25, 0.3) is 0 Å². The number of esters is 1. The van der Waals surface area contributed by atoms with Gasteiger partial charge in [-0.1, -0.05) is 43.7 Å². The van der Waals surface area contributed by atoms with Crippen LogP contribution in [0.2, 0.25) is 0 Å². The van der Waals surface area contributed by atoms with Gasteiger partial charge in [0.2, 0.25) is 0 Å². The van der Waals surface area contributed by atoms with E-state index in [1.54, 1.807) is 0 Å². The van der Waals surface area contributed by atoms with Crippen LogP contribution in [0.1, 0.15) is 63.9 Å². The molecule has 138 valence electrons. The fourth-order valence-electron chi connectivity index (χ4n) is 3.83. The van der Waals surface area contributed by atoms with Crippen LogP contribution >= 0.6 is 0 Å². The normalized spacial score (nSPS) is 24.7. The van der Waals surface area contributed by atoms with Gasteiger partial charge in [0.1, 0.15) is 0 Å². The summed E-state index contributed by atoms with van der Waals surface area (Å²) in [4.78, 5) is 11.7. The molecule has 2 atom stereocenters. The highest BCUT2D eigenvalue weighted by molar-refractivity contribution is 5.69. The Kier molecular flexibility index (Phi) is 6.49. The monoisotopic (exact) mass is 346 g/mol. The zero-order valence-electron chi connectivity index (χ0n) is 15.2. The zero-order chi connectivity index (χ0) is 17.5. The van der Waals surface area contributed by atoms with E-state index >= 15 is 0 Å². The van der Waals surface area contributed by atoms with Gasteiger partial charge in [0, 0.05) is 32.1 Å². The minimum absolute atomic E-state index is 0.00252. The molecule has 25 heavy (non-hydrogen) atoms. The third-order valence-electron chi connectivity index (χ3n) is 5.19. The zero-order valence-corrected chi connectivity index (χ0v) is 15.2. The lowest BCUT2D eigenvalue weighted by Gasteiger charge is -2.22. The summed E-state index contributed by atoms with van der Waals surface area (Å²) in [7, 11) is 0. The number of benzene rings is 1. The lowest BCUT2D eigenvalue weighted by Crippen LogP contribution is -2.27. The maximum atomic E-state index is 11.7. The van der Waals surface area contributed by atoms with Gasteiger partial charge in [0.15, 0.2) is 5.79 Å². The standard InChI is InChI=1S/C21H30O4/c1-2-3-11-20(22)23-15-12-18-19(16-17-9-5-4-6-10-17)25-21(24-18)13-7-8-14-21/h4-6,9-10,18-19H,2-3,7-8,11-16H2,1H3/t18-,19-/m0/s1. The second-order valence-corrected chi connectivity index (χ2v) is 7.23. The summed E-state index contributed by atoms with van der Waals surface area (Å²) in [6, 6.07) is 10.4. The van der Waals surface area contributed by atoms with Gasteiger partial charge in [-0.3, -0.25) is 4.79 Å². The van der Waals surface area contributed by atoms with Crippen molar-refractivity contribution < 1.29 is 19.0 Å². The van der Waals surface area contributed by atoms with E-state index < -0.39 is 5.79 Å². The molecule has 0 bridgehead atoms. The lowest BCUT2D eigenvalue weighted by molar-refractivity contribution is -0.170. The minimum Gasteiger partial charge on any atom is -0.466 e. The SMILES string of the molecule is CCCCC(=O)OCC[C@@H]1OC2(CCCC2)O[C@H]1Cc1ccccc1. The first-order valence-electron chi connectivity index (χ1n) is 9.76. The number of carbonyl (C=O) groups excluding carboxylic acids is 1. The molecule has 0 amide bonds. The van der Waals surface area contributed by atoms with E-state index in [9.17, 15) is 4.79 Å². The molecule has 1 saturated carbocycles. The van der Waals surface area contributed by atoms with Crippen LogP contribution in [-0.2, 0) is 25.4 Å². The van der Waals surface area contributed by atoms with Crippen molar-refractivity contribution in [3.63, 3.8) is 0 Å². The Hall–Kier alpha value is -1.39. The van der Waals surface area contributed by atoms with E-state index in [-0.39, 0.29) is 18.2 Å². The maximum Gasteiger partial charge on any atom is 0.305 e. The predicted molar refractivity (Wildman–Crippen MR) is 96.2 cm³/mol. The van der Waals surface area contributed by atoms with Crippen LogP contribution in [0.15, 0.2) is 30.3 Å². The molecule has 1 saturated heterocycles. The first-order valence-corrected chi connectivity index (χ1v) is 9.76. The molecular formula is C21H30O4. The fraction of sp³-hybridized carbons (Fsp3) is 0.667. The van der Waals surface area contributed by atoms with Gasteiger partial charge in [-0.2, -0.15) is 0 Å². The van der Waals surface area contributed by atoms with E-state index in [2.05, 4.69) is 31.2 Å². The average molecular weight is 346 g/mol. The molecule has 4 nitrogen and oxygen atoms in total. The van der Waals surface area contributed by atoms with Gasteiger partial charge >= 0.3 is 5.97 Å². The molecule has 0 aromatic heterocycles. The summed E-state index contributed by atoms with van der Waals surface area (Å²) in [6.07, 6.45) is 8.28. The van der Waals surface area contributed by atoms with Crippen molar-refractivity contribution in [3.8, 4) is 0 Å². The highest BCUT2D eigenvalue weighted by Crippen LogP contribution is 2.43. The van der Waals surface area contributed by atoms with E-state index in [0.717, 1.165) is 44.9 Å². The summed E-state index contributed by atoms with van der Waals surface area (Å²) in [5.41, 5.74) is 1.26. The minimum atomic E-state index is -0.393.